The summed E-state index contributed by atoms with van der Waals surface area (Å²) in [5, 5.41) is 4.28. The van der Waals surface area contributed by atoms with Crippen LogP contribution in [0.4, 0.5) is 0 Å². The molecule has 3 N–H and O–H groups in total. The van der Waals surface area contributed by atoms with Crippen LogP contribution in [0, 0.1) is 5.92 Å². The molecule has 4 heteroatoms. The molecule has 0 aliphatic carbocycles. The normalized spacial score (nSPS) is 13.4. The number of nitrogens with one attached hydrogen (secondary N) is 1. The third kappa shape index (κ3) is 2.58. The maximum atomic E-state index is 5.65. The monoisotopic (exact) mass is 210 g/mol. The lowest BCUT2D eigenvalue weighted by Gasteiger charge is -2.25. The van der Waals surface area contributed by atoms with Crippen molar-refractivity contribution in [2.24, 2.45) is 11.8 Å². The molecule has 1 aromatic heterocycles. The topological polar surface area (TPSA) is 55.9 Å². The fraction of sp³-hybridized carbons (Fsp3) is 0.727. The van der Waals surface area contributed by atoms with E-state index in [4.69, 9.17) is 5.84 Å². The van der Waals surface area contributed by atoms with E-state index in [1.807, 2.05) is 16.9 Å². The summed E-state index contributed by atoms with van der Waals surface area (Å²) in [4.78, 5) is 0. The minimum atomic E-state index is 0.211. The predicted octanol–water partition coefficient (Wildman–Crippen LogP) is 1.84. The standard InChI is InChI=1S/C11H22N4/c1-4-9(5-2)11(14-12)10-7-8-13-15(10)6-3/h7-9,11,14H,4-6,12H2,1-3H3. The summed E-state index contributed by atoms with van der Waals surface area (Å²) < 4.78 is 2.00. The number of aromatic nitrogens is 2. The van der Waals surface area contributed by atoms with Crippen molar-refractivity contribution in [2.75, 3.05) is 0 Å². The van der Waals surface area contributed by atoms with E-state index in [-0.39, 0.29) is 6.04 Å². The van der Waals surface area contributed by atoms with Gasteiger partial charge in [-0.1, -0.05) is 26.7 Å². The molecular weight excluding hydrogens is 188 g/mol. The van der Waals surface area contributed by atoms with E-state index >= 15 is 0 Å². The smallest absolute Gasteiger partial charge is 0.0656 e. The minimum Gasteiger partial charge on any atom is -0.271 e. The van der Waals surface area contributed by atoms with Crippen LogP contribution in [0.25, 0.3) is 0 Å². The third-order valence-corrected chi connectivity index (χ3v) is 3.07. The van der Waals surface area contributed by atoms with E-state index < -0.39 is 0 Å². The summed E-state index contributed by atoms with van der Waals surface area (Å²) in [6.07, 6.45) is 4.09. The lowest BCUT2D eigenvalue weighted by Crippen LogP contribution is -2.34. The second-order valence-corrected chi connectivity index (χ2v) is 3.79. The van der Waals surface area contributed by atoms with Crippen LogP contribution in [0.1, 0.15) is 45.3 Å². The van der Waals surface area contributed by atoms with Crippen LogP contribution in [0.5, 0.6) is 0 Å². The molecule has 0 fully saturated rings. The number of aryl methyl sites for hydroxylation is 1. The third-order valence-electron chi connectivity index (χ3n) is 3.07. The summed E-state index contributed by atoms with van der Waals surface area (Å²) in [5.41, 5.74) is 4.11. The van der Waals surface area contributed by atoms with Crippen molar-refractivity contribution < 1.29 is 0 Å². The number of hydrazine groups is 1. The molecular formula is C11H22N4. The van der Waals surface area contributed by atoms with Gasteiger partial charge < -0.3 is 0 Å². The Morgan fingerprint density at radius 2 is 2.07 bits per heavy atom. The van der Waals surface area contributed by atoms with Gasteiger partial charge in [0.2, 0.25) is 0 Å². The molecule has 0 bridgehead atoms. The second kappa shape index (κ2) is 5.88. The van der Waals surface area contributed by atoms with E-state index in [0.29, 0.717) is 5.92 Å². The first kappa shape index (κ1) is 12.2. The summed E-state index contributed by atoms with van der Waals surface area (Å²) in [6, 6.07) is 2.26. The number of hydrogen-bond donors (Lipinski definition) is 2. The van der Waals surface area contributed by atoms with Crippen LogP contribution in [0.2, 0.25) is 0 Å². The lowest BCUT2D eigenvalue weighted by molar-refractivity contribution is 0.327. The first-order valence-corrected chi connectivity index (χ1v) is 5.76. The average molecular weight is 210 g/mol. The molecule has 0 aliphatic rings. The maximum absolute atomic E-state index is 5.65. The molecule has 0 saturated heterocycles. The van der Waals surface area contributed by atoms with Crippen molar-refractivity contribution in [1.82, 2.24) is 15.2 Å². The molecule has 0 aromatic carbocycles. The van der Waals surface area contributed by atoms with Crippen LogP contribution in [-0.4, -0.2) is 9.78 Å². The van der Waals surface area contributed by atoms with E-state index in [0.717, 1.165) is 19.4 Å². The van der Waals surface area contributed by atoms with Gasteiger partial charge >= 0.3 is 0 Å². The average Bonchev–Trinajstić information content (AvgIpc) is 2.73. The molecule has 0 spiro atoms. The van der Waals surface area contributed by atoms with Gasteiger partial charge in [0, 0.05) is 12.7 Å². The van der Waals surface area contributed by atoms with Crippen molar-refractivity contribution in [3.63, 3.8) is 0 Å². The van der Waals surface area contributed by atoms with E-state index in [1.165, 1.54) is 5.69 Å². The van der Waals surface area contributed by atoms with E-state index in [1.54, 1.807) is 0 Å². The first-order valence-electron chi connectivity index (χ1n) is 5.76. The van der Waals surface area contributed by atoms with Crippen molar-refractivity contribution in [3.05, 3.63) is 18.0 Å². The highest BCUT2D eigenvalue weighted by Crippen LogP contribution is 2.26. The number of rotatable bonds is 6. The van der Waals surface area contributed by atoms with Gasteiger partial charge in [-0.05, 0) is 18.9 Å². The highest BCUT2D eigenvalue weighted by atomic mass is 15.3. The molecule has 0 aliphatic heterocycles. The van der Waals surface area contributed by atoms with Crippen LogP contribution in [0.15, 0.2) is 12.3 Å². The summed E-state index contributed by atoms with van der Waals surface area (Å²) in [7, 11) is 0. The van der Waals surface area contributed by atoms with E-state index in [2.05, 4.69) is 31.3 Å². The van der Waals surface area contributed by atoms with Gasteiger partial charge in [-0.3, -0.25) is 16.0 Å². The Hall–Kier alpha value is -0.870. The summed E-state index contributed by atoms with van der Waals surface area (Å²) in [6.45, 7) is 7.38. The van der Waals surface area contributed by atoms with Crippen molar-refractivity contribution in [1.29, 1.82) is 0 Å². The number of nitrogens with two attached hydrogens (primary N) is 1. The summed E-state index contributed by atoms with van der Waals surface area (Å²) >= 11 is 0. The van der Waals surface area contributed by atoms with E-state index in [9.17, 15) is 0 Å². The number of nitrogens with zero attached hydrogens (tertiary/aromatic N) is 2. The molecule has 1 heterocycles. The largest absolute Gasteiger partial charge is 0.271 e. The highest BCUT2D eigenvalue weighted by molar-refractivity contribution is 5.08. The Balaban J connectivity index is 2.90. The highest BCUT2D eigenvalue weighted by Gasteiger charge is 2.21. The zero-order valence-corrected chi connectivity index (χ0v) is 9.90. The zero-order valence-electron chi connectivity index (χ0n) is 9.90. The van der Waals surface area contributed by atoms with Gasteiger partial charge in [-0.25, -0.2) is 0 Å². The Kier molecular flexibility index (Phi) is 4.78. The van der Waals surface area contributed by atoms with Crippen LogP contribution < -0.4 is 11.3 Å². The van der Waals surface area contributed by atoms with Gasteiger partial charge in [-0.2, -0.15) is 5.10 Å². The van der Waals surface area contributed by atoms with Crippen LogP contribution >= 0.6 is 0 Å². The summed E-state index contributed by atoms with van der Waals surface area (Å²) in [5.74, 6) is 6.22. The molecule has 1 atom stereocenters. The Morgan fingerprint density at radius 3 is 2.53 bits per heavy atom. The molecule has 0 amide bonds. The Bertz CT molecular complexity index is 278. The molecule has 86 valence electrons. The van der Waals surface area contributed by atoms with Gasteiger partial charge in [0.05, 0.1) is 11.7 Å². The van der Waals surface area contributed by atoms with Crippen LogP contribution in [-0.2, 0) is 6.54 Å². The Labute approximate surface area is 91.8 Å². The van der Waals surface area contributed by atoms with Crippen LogP contribution in [0.3, 0.4) is 0 Å². The fourth-order valence-electron chi connectivity index (χ4n) is 2.09. The molecule has 4 nitrogen and oxygen atoms in total. The minimum absolute atomic E-state index is 0.211. The zero-order chi connectivity index (χ0) is 11.3. The predicted molar refractivity (Wildman–Crippen MR) is 62.0 cm³/mol. The first-order chi connectivity index (χ1) is 7.28. The van der Waals surface area contributed by atoms with Crippen molar-refractivity contribution in [3.8, 4) is 0 Å². The number of hydrogen-bond acceptors (Lipinski definition) is 3. The second-order valence-electron chi connectivity index (χ2n) is 3.79. The molecule has 1 rings (SSSR count). The van der Waals surface area contributed by atoms with Crippen molar-refractivity contribution in [2.45, 2.75) is 46.2 Å². The molecule has 1 aromatic rings. The van der Waals surface area contributed by atoms with Gasteiger partial charge in [0.15, 0.2) is 0 Å². The quantitative estimate of drug-likeness (QED) is 0.556. The van der Waals surface area contributed by atoms with Gasteiger partial charge in [-0.15, -0.1) is 0 Å². The fourth-order valence-corrected chi connectivity index (χ4v) is 2.09. The Morgan fingerprint density at radius 1 is 1.40 bits per heavy atom. The maximum Gasteiger partial charge on any atom is 0.0656 e. The van der Waals surface area contributed by atoms with Gasteiger partial charge in [0.1, 0.15) is 0 Å². The molecule has 15 heavy (non-hydrogen) atoms. The van der Waals surface area contributed by atoms with Gasteiger partial charge in [0.25, 0.3) is 0 Å². The SMILES string of the molecule is CCC(CC)C(NN)c1ccnn1CC. The van der Waals surface area contributed by atoms with Crippen molar-refractivity contribution >= 4 is 0 Å². The lowest BCUT2D eigenvalue weighted by atomic mass is 9.92. The molecule has 0 radical (unpaired) electrons. The molecule has 0 saturated carbocycles. The molecule has 1 unspecified atom stereocenters.